The van der Waals surface area contributed by atoms with E-state index in [2.05, 4.69) is 956 Å². The first kappa shape index (κ1) is 179. The van der Waals surface area contributed by atoms with Gasteiger partial charge in [0.2, 0.25) is 0 Å². The van der Waals surface area contributed by atoms with Gasteiger partial charge in [-0.15, -0.1) is 0 Å². The Morgan fingerprint density at radius 2 is 0.109 bits per heavy atom. The third-order valence-electron chi connectivity index (χ3n) is 45.9. The van der Waals surface area contributed by atoms with Crippen molar-refractivity contribution in [1.82, 2.24) is 0 Å². The topological polar surface area (TPSA) is 0 Å². The van der Waals surface area contributed by atoms with Crippen LogP contribution in [-0.4, -0.2) is 1260 Å². The van der Waals surface area contributed by atoms with Crippen LogP contribution in [0, 0.1) is 0 Å². The molecule has 0 aromatic carbocycles. The van der Waals surface area contributed by atoms with Gasteiger partial charge in [-0.3, -0.25) is 0 Å². The Kier molecular flexibility index (Phi) is 65.8. The minimum atomic E-state index is -2.33. The Bertz CT molecular complexity index is 3290. The molecule has 0 aromatic heterocycles. The van der Waals surface area contributed by atoms with Crippen LogP contribution in [0.1, 0.15) is 0 Å². The highest BCUT2D eigenvalue weighted by Gasteiger charge is 3.14. The van der Waals surface area contributed by atoms with Crippen LogP contribution in [0.3, 0.4) is 0 Å². The van der Waals surface area contributed by atoms with E-state index in [4.69, 9.17) is 0 Å². The zero-order chi connectivity index (χ0) is 123. The number of hydrogen-bond donors (Lipinski definition) is 0. The molecule has 0 amide bonds. The quantitative estimate of drug-likeness (QED) is 0.0533. The van der Waals surface area contributed by atoms with Crippen molar-refractivity contribution in [3.05, 3.63) is 0 Å². The van der Waals surface area contributed by atoms with E-state index in [1.54, 1.807) is 0 Å². The standard InChI is InChI=1S/H296Si147/c1-99-132(98,100(2,3)4)143(131(95,96)97,133(101(5,6)7,102(8,9)10)103(11,12)13)147(144(134(104(14,15)16,105(17,18)19)106(20,21)22,135(107(23,24)25,108(26,27)28)109(29,30)31)136(110(32,33)34,111(35,36)37)112(38,39)40,145(137(113(41,42)43,114(44,45)46)115(47,48)49,138(116(50,51)52,117(53,54)55)118(56,57)58)139(119(59,60)61,120(62,63)64)121(65,66)67)146(140(122(68,69)70,123(71,72)73)124(74,75)76,141(125(77,78)79,126(80,81)82)127(83,84)85)142(128(86,87)88,129(89,90)91)130(92,93)94/h99H2,1-98H3. The van der Waals surface area contributed by atoms with E-state index in [1.807, 2.05) is 0 Å². The largest absolute Gasteiger partial charge is 0.0119 e. The number of hydrogen-bond acceptors (Lipinski definition) is 0. The van der Waals surface area contributed by atoms with Crippen molar-refractivity contribution in [2.45, 2.75) is 0 Å². The lowest BCUT2D eigenvalue weighted by Gasteiger charge is -3.07. The monoisotopic (exact) mass is 4410 g/mol. The summed E-state index contributed by atoms with van der Waals surface area (Å²) in [7, 11) is 249. The first-order chi connectivity index (χ1) is 61.3. The molecule has 0 rings (SSSR count). The van der Waals surface area contributed by atoms with E-state index in [0.29, 0.717) is 0 Å². The van der Waals surface area contributed by atoms with Crippen LogP contribution >= 0.6 is 0 Å². The zero-order valence-electron chi connectivity index (χ0n) is 123. The van der Waals surface area contributed by atoms with E-state index in [-0.39, 0.29) is 8.55 Å². The van der Waals surface area contributed by atoms with Crippen molar-refractivity contribution in [3.8, 4) is 0 Å². The normalized spacial score (nSPS) is 35.5. The number of rotatable bonds is 48. The third kappa shape index (κ3) is 26.2. The van der Waals surface area contributed by atoms with E-state index < -0.39 is 295 Å². The Morgan fingerprint density at radius 3 is 0.150 bits per heavy atom. The molecule has 0 N–H and O–H groups in total. The smallest absolute Gasteiger partial charge is 0.0000276 e. The van der Waals surface area contributed by atoms with E-state index >= 15 is 0 Å². The summed E-state index contributed by atoms with van der Waals surface area (Å²) in [5.74, 6) is 0. The van der Waals surface area contributed by atoms with Gasteiger partial charge in [-0.25, -0.2) is 0 Å². The lowest BCUT2D eigenvalue weighted by atomic mass is 25.0. The van der Waals surface area contributed by atoms with Gasteiger partial charge in [0.25, 0.3) is 0 Å². The van der Waals surface area contributed by atoms with Gasteiger partial charge in [-0.05, 0) is 1260 Å². The van der Waals surface area contributed by atoms with E-state index in [1.165, 1.54) is 0 Å². The first-order valence-corrected chi connectivity index (χ1v) is 552. The predicted octanol–water partition coefficient (Wildman–Crippen LogP) is -135. The Labute approximate surface area is 1230 Å². The van der Waals surface area contributed by atoms with Gasteiger partial charge in [-0.1, -0.05) is 0 Å². The van der Waals surface area contributed by atoms with Crippen LogP contribution in [0.15, 0.2) is 0 Å². The predicted molar refractivity (Wildman–Crippen MR) is 1260 cm³/mol. The van der Waals surface area contributed by atoms with Crippen LogP contribution in [0.4, 0.5) is 0 Å². The molecule has 2 atom stereocenters. The SMILES string of the molecule is [SiH3][SiH2][Si]([SiH3])([Si]([SiH3])([SiH3])[SiH3])[Si]([Si]([SiH3])([SiH3])[SiH3])([Si]([Si]([SiH3])([SiH3])[SiH3])([Si]([SiH3])([SiH3])[SiH3])[Si]([SiH3])([SiH3])[SiH3])[Si]([Si]([Si]([Si]([SiH3])([SiH3])[SiH3])([Si]([SiH3])([SiH3])[SiH3])[Si]([SiH3])([SiH3])[SiH3])([Si]([Si]([SiH3])([SiH3])[SiH3])([Si]([SiH3])([SiH3])[SiH3])[Si]([SiH3])([SiH3])[SiH3])[Si]([Si]([SiH3])([SiH3])[SiH3])([Si]([SiH3])([SiH3])[SiH3])[Si]([SiH3])([SiH3])[SiH3])([Si]([Si]([Si]([SiH3])([SiH3])[SiH3])([Si]([SiH3])([SiH3])[SiH3])[Si]([SiH3])([SiH3])[SiH3])([Si]([Si]([SiH3])([SiH3])[SiH3])([Si]([SiH3])([SiH3])[SiH3])[Si]([SiH3])([SiH3])[SiH3])[Si]([Si]([SiH3])([SiH3])[SiH3])([Si]([SiH3])([SiH3])[SiH3])[Si]([SiH3])([SiH3])[SiH3])[Si]([Si]([Si]([SiH3])([SiH3])[SiH3])([Si]([SiH3])([SiH3])[SiH3])[Si]([SiH3])([SiH3])[SiH3])([Si]([Si]([SiH3])([SiH3])[SiH3])([Si]([SiH3])([SiH3])[SiH3])[Si]([SiH3])([SiH3])[SiH3])[Si]([Si]([SiH3])([SiH3])[SiH3])([Si]([SiH3])([SiH3])[SiH3])[Si]([SiH3])([SiH3])[SiH3]. The van der Waals surface area contributed by atoms with Gasteiger partial charge in [0.05, 0.1) is 0 Å². The summed E-state index contributed by atoms with van der Waals surface area (Å²) in [5, 5.41) is 0. The maximum atomic E-state index is 2.78. The van der Waals surface area contributed by atoms with Crippen molar-refractivity contribution >= 4 is 1260 Å². The maximum absolute atomic E-state index is 2.78. The minimum absolute atomic E-state index is 0.278. The second kappa shape index (κ2) is 54.1. The summed E-state index contributed by atoms with van der Waals surface area (Å²) in [6.45, 7) is 0. The Balaban J connectivity index is 25.6. The fourth-order valence-electron chi connectivity index (χ4n) is 61.8. The molecule has 147 heteroatoms. The van der Waals surface area contributed by atoms with Crippen LogP contribution in [0.25, 0.3) is 0 Å². The summed E-state index contributed by atoms with van der Waals surface area (Å²) in [4.78, 5) is 0. The highest BCUT2D eigenvalue weighted by Crippen LogP contribution is 2.77. The molecule has 0 spiro atoms. The van der Waals surface area contributed by atoms with E-state index in [9.17, 15) is 0 Å². The molecule has 0 aliphatic rings. The molecule has 0 heterocycles. The van der Waals surface area contributed by atoms with Crippen LogP contribution < -0.4 is 0 Å². The van der Waals surface area contributed by atoms with Crippen LogP contribution in [-0.2, 0) is 0 Å². The molecule has 0 aromatic rings. The summed E-state index contributed by atoms with van der Waals surface area (Å²) in [5.41, 5.74) is 0. The summed E-state index contributed by atoms with van der Waals surface area (Å²) in [6.07, 6.45) is -73.0. The molecule has 0 aliphatic carbocycles. The van der Waals surface area contributed by atoms with Crippen LogP contribution in [0.2, 0.25) is 0 Å². The second-order valence-corrected chi connectivity index (χ2v) is 2290. The van der Waals surface area contributed by atoms with Gasteiger partial charge in [0.15, 0.2) is 0 Å². The molecule has 0 bridgehead atoms. The Hall–Kier alpha value is 31.9. The fourth-order valence-corrected chi connectivity index (χ4v) is 15000. The lowest BCUT2D eigenvalue weighted by molar-refractivity contribution is 2.68. The van der Waals surface area contributed by atoms with Gasteiger partial charge in [0, 0.05) is 0 Å². The third-order valence-corrected chi connectivity index (χ3v) is 3720. The van der Waals surface area contributed by atoms with Crippen LogP contribution in [0.5, 0.6) is 0 Å². The first-order valence-electron chi connectivity index (χ1n) is 61.3. The Morgan fingerprint density at radius 1 is 0.0612 bits per heavy atom. The van der Waals surface area contributed by atoms with Gasteiger partial charge in [0.1, 0.15) is 0 Å². The van der Waals surface area contributed by atoms with Gasteiger partial charge in [-0.2, -0.15) is 0 Å². The van der Waals surface area contributed by atoms with Crippen molar-refractivity contribution in [2.75, 3.05) is 0 Å². The maximum Gasteiger partial charge on any atom is -0.0000276 e. The fraction of sp³-hybridized carbons (Fsp3) is 0. The molecule has 0 radical (unpaired) electrons. The molecule has 147 heavy (non-hydrogen) atoms. The second-order valence-electron chi connectivity index (χ2n) is 84.9. The molecule has 0 saturated carbocycles. The van der Waals surface area contributed by atoms with E-state index in [0.717, 1.165) is 0 Å². The molecule has 0 nitrogen and oxygen atoms in total. The minimum Gasteiger partial charge on any atom is -0.0119 e. The average molecular weight is 4430 g/mol. The lowest BCUT2D eigenvalue weighted by Crippen LogP contribution is -3.45. The molecule has 0 fully saturated rings. The van der Waals surface area contributed by atoms with Gasteiger partial charge < -0.3 is 0 Å². The molecule has 0 saturated heterocycles. The molecule has 2 unspecified atom stereocenters. The highest BCUT2D eigenvalue weighted by atomic mass is 31.2. The van der Waals surface area contributed by atoms with Crippen molar-refractivity contribution in [3.63, 3.8) is 0 Å². The summed E-state index contributed by atoms with van der Waals surface area (Å²) in [6, 6.07) is 0. The molecule has 884 valence electrons. The summed E-state index contributed by atoms with van der Waals surface area (Å²) < 4.78 is 0. The molecular weight excluding hydrogens is 4130 g/mol. The molecule has 0 aliphatic heterocycles. The van der Waals surface area contributed by atoms with Crippen molar-refractivity contribution < 1.29 is 0 Å². The van der Waals surface area contributed by atoms with Gasteiger partial charge >= 0.3 is 0 Å². The highest BCUT2D eigenvalue weighted by molar-refractivity contribution is 8.90. The molecular formula is H296Si147. The zero-order valence-corrected chi connectivity index (χ0v) is 368. The van der Waals surface area contributed by atoms with Crippen molar-refractivity contribution in [1.29, 1.82) is 0 Å². The average Bonchev–Trinajstić information content (AvgIpc) is 0.552. The summed E-state index contributed by atoms with van der Waals surface area (Å²) >= 11 is 0. The van der Waals surface area contributed by atoms with Crippen molar-refractivity contribution in [2.24, 2.45) is 0 Å².